The first kappa shape index (κ1) is 21.7. The molecule has 1 aromatic carbocycles. The number of aliphatic imine (C=N–C) groups is 1. The van der Waals surface area contributed by atoms with E-state index < -0.39 is 28.6 Å². The summed E-state index contributed by atoms with van der Waals surface area (Å²) >= 11 is 0. The molecule has 1 rings (SSSR count). The molecule has 0 spiro atoms. The Balaban J connectivity index is 2.87. The van der Waals surface area contributed by atoms with E-state index in [4.69, 9.17) is 15.2 Å². The van der Waals surface area contributed by atoms with Crippen molar-refractivity contribution < 1.29 is 24.1 Å². The molecule has 0 aliphatic rings. The van der Waals surface area contributed by atoms with E-state index in [0.717, 1.165) is 0 Å². The summed E-state index contributed by atoms with van der Waals surface area (Å²) < 4.78 is 9.91. The Labute approximate surface area is 156 Å². The topological polar surface area (TPSA) is 158 Å². The van der Waals surface area contributed by atoms with Crippen molar-refractivity contribution >= 4 is 23.7 Å². The van der Waals surface area contributed by atoms with Crippen LogP contribution in [0.2, 0.25) is 0 Å². The number of alkyl carbamates (subject to hydrolysis) is 1. The molecule has 0 aliphatic carbocycles. The summed E-state index contributed by atoms with van der Waals surface area (Å²) in [4.78, 5) is 38.0. The molecule has 1 atom stereocenters. The van der Waals surface area contributed by atoms with E-state index in [-0.39, 0.29) is 12.5 Å². The molecule has 1 aromatic rings. The van der Waals surface area contributed by atoms with Crippen LogP contribution >= 0.6 is 0 Å². The average Bonchev–Trinajstić information content (AvgIpc) is 2.53. The predicted octanol–water partition coefficient (Wildman–Crippen LogP) is 1.20. The molecule has 4 N–H and O–H groups in total. The highest BCUT2D eigenvalue weighted by atomic mass is 16.7. The Morgan fingerprint density at radius 1 is 1.30 bits per heavy atom. The molecule has 1 unspecified atom stereocenters. The first-order valence-corrected chi connectivity index (χ1v) is 7.91. The third kappa shape index (κ3) is 8.03. The van der Waals surface area contributed by atoms with Crippen LogP contribution in [0.25, 0.3) is 0 Å². The maximum Gasteiger partial charge on any atom is 0.407 e. The zero-order valence-electron chi connectivity index (χ0n) is 15.5. The number of ether oxygens (including phenoxy) is 2. The molecule has 11 heteroatoms. The number of hydrogen-bond acceptors (Lipinski definition) is 7. The van der Waals surface area contributed by atoms with Crippen molar-refractivity contribution in [3.05, 3.63) is 39.9 Å². The molecule has 0 radical (unpaired) electrons. The van der Waals surface area contributed by atoms with Crippen LogP contribution in [-0.2, 0) is 14.3 Å². The number of carbonyl (C=O) groups is 2. The van der Waals surface area contributed by atoms with Gasteiger partial charge in [-0.25, -0.2) is 19.9 Å². The van der Waals surface area contributed by atoms with Gasteiger partial charge in [-0.2, -0.15) is 0 Å². The minimum atomic E-state index is -0.831. The van der Waals surface area contributed by atoms with Gasteiger partial charge in [0.2, 0.25) is 0 Å². The maximum atomic E-state index is 12.0. The van der Waals surface area contributed by atoms with Crippen LogP contribution < -0.4 is 16.5 Å². The zero-order chi connectivity index (χ0) is 20.6. The fourth-order valence-electron chi connectivity index (χ4n) is 2.02. The average molecular weight is 381 g/mol. The summed E-state index contributed by atoms with van der Waals surface area (Å²) in [5.74, 6) is -1.70. The summed E-state index contributed by atoms with van der Waals surface area (Å²) in [6.07, 6.45) is -0.656. The van der Waals surface area contributed by atoms with E-state index in [0.29, 0.717) is 11.3 Å². The van der Waals surface area contributed by atoms with E-state index in [9.17, 15) is 19.7 Å². The number of nitrogens with two attached hydrogens (primary N) is 1. The lowest BCUT2D eigenvalue weighted by Crippen LogP contribution is -2.36. The summed E-state index contributed by atoms with van der Waals surface area (Å²) in [5, 5.41) is 12.0. The van der Waals surface area contributed by atoms with Gasteiger partial charge in [0.1, 0.15) is 5.60 Å². The highest BCUT2D eigenvalue weighted by Gasteiger charge is 2.24. The van der Waals surface area contributed by atoms with Crippen LogP contribution in [0, 0.1) is 10.1 Å². The normalized spacial score (nSPS) is 12.7. The molecule has 148 valence electrons. The Kier molecular flexibility index (Phi) is 7.51. The standard InChI is InChI=1S/C16H23N5O6/c1-16(2,3)27-15(23)18-9-12(13(22)26-4)10-5-7-11(8-6-10)19-14(17)20-21(24)25/h5-8,12H,9H2,1-4H3,(H,18,23)(H3,17,19,20). The first-order chi connectivity index (χ1) is 12.5. The summed E-state index contributed by atoms with van der Waals surface area (Å²) in [6.45, 7) is 5.14. The smallest absolute Gasteiger partial charge is 0.407 e. The van der Waals surface area contributed by atoms with Crippen LogP contribution in [0.1, 0.15) is 32.3 Å². The highest BCUT2D eigenvalue weighted by molar-refractivity contribution is 5.81. The molecule has 27 heavy (non-hydrogen) atoms. The zero-order valence-corrected chi connectivity index (χ0v) is 15.5. The molecule has 0 saturated carbocycles. The van der Waals surface area contributed by atoms with Gasteiger partial charge < -0.3 is 20.5 Å². The van der Waals surface area contributed by atoms with Gasteiger partial charge in [-0.05, 0) is 38.5 Å². The van der Waals surface area contributed by atoms with Crippen molar-refractivity contribution in [2.75, 3.05) is 13.7 Å². The second kappa shape index (κ2) is 9.36. The SMILES string of the molecule is COC(=O)C(CNC(=O)OC(C)(C)C)c1ccc(N=C(N)N[N+](=O)[O-])cc1. The largest absolute Gasteiger partial charge is 0.468 e. The molecular formula is C16H23N5O6. The fraction of sp³-hybridized carbons (Fsp3) is 0.438. The Bertz CT molecular complexity index is 711. The number of nitrogens with one attached hydrogen (secondary N) is 2. The lowest BCUT2D eigenvalue weighted by molar-refractivity contribution is -0.525. The Morgan fingerprint density at radius 2 is 1.89 bits per heavy atom. The van der Waals surface area contributed by atoms with Gasteiger partial charge in [-0.3, -0.25) is 4.79 Å². The third-order valence-electron chi connectivity index (χ3n) is 3.09. The number of guanidine groups is 1. The van der Waals surface area contributed by atoms with Gasteiger partial charge in [-0.1, -0.05) is 17.6 Å². The van der Waals surface area contributed by atoms with Crippen LogP contribution in [0.5, 0.6) is 0 Å². The number of benzene rings is 1. The van der Waals surface area contributed by atoms with Crippen molar-refractivity contribution in [1.82, 2.24) is 10.7 Å². The summed E-state index contributed by atoms with van der Waals surface area (Å²) in [7, 11) is 1.24. The van der Waals surface area contributed by atoms with E-state index in [2.05, 4.69) is 10.3 Å². The predicted molar refractivity (Wildman–Crippen MR) is 96.8 cm³/mol. The third-order valence-corrected chi connectivity index (χ3v) is 3.09. The van der Waals surface area contributed by atoms with Gasteiger partial charge in [0, 0.05) is 6.54 Å². The molecular weight excluding hydrogens is 358 g/mol. The van der Waals surface area contributed by atoms with E-state index >= 15 is 0 Å². The van der Waals surface area contributed by atoms with Crippen LogP contribution in [0.3, 0.4) is 0 Å². The number of carbonyl (C=O) groups excluding carboxylic acids is 2. The van der Waals surface area contributed by atoms with Gasteiger partial charge in [0.15, 0.2) is 5.03 Å². The van der Waals surface area contributed by atoms with Crippen LogP contribution in [0.15, 0.2) is 29.3 Å². The monoisotopic (exact) mass is 381 g/mol. The number of rotatable bonds is 6. The number of nitro groups is 1. The number of nitrogens with zero attached hydrogens (tertiary/aromatic N) is 2. The number of esters is 1. The molecule has 0 saturated heterocycles. The number of methoxy groups -OCH3 is 1. The molecule has 0 aromatic heterocycles. The molecule has 1 amide bonds. The Hall–Kier alpha value is -3.37. The lowest BCUT2D eigenvalue weighted by Gasteiger charge is -2.21. The van der Waals surface area contributed by atoms with Crippen molar-refractivity contribution in [2.45, 2.75) is 32.3 Å². The molecule has 0 heterocycles. The quantitative estimate of drug-likeness (QED) is 0.218. The number of amides is 1. The van der Waals surface area contributed by atoms with Crippen molar-refractivity contribution in [3.8, 4) is 0 Å². The summed E-state index contributed by atoms with van der Waals surface area (Å²) in [5.41, 5.74) is 7.32. The Morgan fingerprint density at radius 3 is 2.37 bits per heavy atom. The number of hydrogen-bond donors (Lipinski definition) is 3. The van der Waals surface area contributed by atoms with Crippen LogP contribution in [-0.4, -0.2) is 42.3 Å². The van der Waals surface area contributed by atoms with E-state index in [1.807, 2.05) is 0 Å². The molecule has 0 aliphatic heterocycles. The molecule has 0 bridgehead atoms. The highest BCUT2D eigenvalue weighted by Crippen LogP contribution is 2.21. The fourth-order valence-corrected chi connectivity index (χ4v) is 2.02. The summed E-state index contributed by atoms with van der Waals surface area (Å²) in [6, 6.07) is 6.20. The molecule has 0 fully saturated rings. The van der Waals surface area contributed by atoms with E-state index in [1.165, 1.54) is 19.2 Å². The minimum Gasteiger partial charge on any atom is -0.468 e. The number of hydrazine groups is 1. The van der Waals surface area contributed by atoms with E-state index in [1.54, 1.807) is 38.3 Å². The second-order valence-electron chi connectivity index (χ2n) is 6.42. The van der Waals surface area contributed by atoms with Gasteiger partial charge in [0.05, 0.1) is 18.7 Å². The van der Waals surface area contributed by atoms with Crippen LogP contribution in [0.4, 0.5) is 10.5 Å². The van der Waals surface area contributed by atoms with Gasteiger partial charge >= 0.3 is 12.1 Å². The van der Waals surface area contributed by atoms with Crippen molar-refractivity contribution in [1.29, 1.82) is 0 Å². The van der Waals surface area contributed by atoms with Gasteiger partial charge in [-0.15, -0.1) is 0 Å². The second-order valence-corrected chi connectivity index (χ2v) is 6.42. The van der Waals surface area contributed by atoms with Crippen molar-refractivity contribution in [3.63, 3.8) is 0 Å². The van der Waals surface area contributed by atoms with Gasteiger partial charge in [0.25, 0.3) is 5.96 Å². The molecule has 11 nitrogen and oxygen atoms in total. The lowest BCUT2D eigenvalue weighted by atomic mass is 9.99. The van der Waals surface area contributed by atoms with Crippen molar-refractivity contribution in [2.24, 2.45) is 10.7 Å². The maximum absolute atomic E-state index is 12.0. The first-order valence-electron chi connectivity index (χ1n) is 7.91. The minimum absolute atomic E-state index is 0.0325.